The van der Waals surface area contributed by atoms with E-state index in [1.54, 1.807) is 19.1 Å². The second kappa shape index (κ2) is 8.54. The zero-order chi connectivity index (χ0) is 18.5. The number of likely N-dealkylation sites (tertiary alicyclic amines) is 1. The molecule has 1 amide bonds. The van der Waals surface area contributed by atoms with Crippen molar-refractivity contribution in [3.05, 3.63) is 23.8 Å². The number of rotatable bonds is 6. The van der Waals surface area contributed by atoms with Crippen molar-refractivity contribution in [2.24, 2.45) is 5.92 Å². The van der Waals surface area contributed by atoms with Gasteiger partial charge in [0.15, 0.2) is 0 Å². The highest BCUT2D eigenvalue weighted by Gasteiger charge is 2.25. The molecule has 1 atom stereocenters. The average molecular weight is 359 g/mol. The molecule has 6 heteroatoms. The summed E-state index contributed by atoms with van der Waals surface area (Å²) in [5.74, 6) is -0.454. The fourth-order valence-corrected chi connectivity index (χ4v) is 4.05. The lowest BCUT2D eigenvalue weighted by atomic mass is 9.96. The first-order valence-electron chi connectivity index (χ1n) is 9.71. The highest BCUT2D eigenvalue weighted by molar-refractivity contribution is 5.97. The summed E-state index contributed by atoms with van der Waals surface area (Å²) in [7, 11) is 0. The van der Waals surface area contributed by atoms with E-state index in [1.807, 2.05) is 6.07 Å². The normalized spacial score (nSPS) is 21.0. The molecule has 0 saturated carbocycles. The molecule has 6 nitrogen and oxygen atoms in total. The summed E-state index contributed by atoms with van der Waals surface area (Å²) in [6.07, 6.45) is 5.34. The van der Waals surface area contributed by atoms with Gasteiger partial charge in [0.25, 0.3) is 0 Å². The lowest BCUT2D eigenvalue weighted by molar-refractivity contribution is -0.115. The first-order valence-corrected chi connectivity index (χ1v) is 9.71. The quantitative estimate of drug-likeness (QED) is 0.817. The molecule has 0 radical (unpaired) electrons. The average Bonchev–Trinajstić information content (AvgIpc) is 3.14. The third kappa shape index (κ3) is 4.55. The summed E-state index contributed by atoms with van der Waals surface area (Å²) in [5.41, 5.74) is 1.74. The summed E-state index contributed by atoms with van der Waals surface area (Å²) in [6, 6.07) is 5.05. The zero-order valence-electron chi connectivity index (χ0n) is 15.5. The molecule has 26 heavy (non-hydrogen) atoms. The minimum Gasteiger partial charge on any atom is -0.478 e. The van der Waals surface area contributed by atoms with E-state index in [2.05, 4.69) is 15.1 Å². The lowest BCUT2D eigenvalue weighted by Crippen LogP contribution is -2.40. The Labute approximate surface area is 155 Å². The van der Waals surface area contributed by atoms with Crippen molar-refractivity contribution in [2.75, 3.05) is 42.9 Å². The van der Waals surface area contributed by atoms with Crippen LogP contribution in [0.2, 0.25) is 0 Å². The van der Waals surface area contributed by atoms with E-state index in [-0.39, 0.29) is 11.5 Å². The van der Waals surface area contributed by atoms with Crippen LogP contribution in [0.1, 0.15) is 49.4 Å². The van der Waals surface area contributed by atoms with Gasteiger partial charge in [0.1, 0.15) is 0 Å². The maximum absolute atomic E-state index is 11.9. The van der Waals surface area contributed by atoms with E-state index in [0.717, 1.165) is 31.7 Å². The summed E-state index contributed by atoms with van der Waals surface area (Å²) >= 11 is 0. The SMILES string of the molecule is CCC(=O)Nc1cc(C(=O)O)ccc1N1CCC[C@@H](CN2CCCC2)C1. The first-order chi connectivity index (χ1) is 12.6. The summed E-state index contributed by atoms with van der Waals surface area (Å²) in [6.45, 7) is 7.25. The Bertz CT molecular complexity index is 656. The summed E-state index contributed by atoms with van der Waals surface area (Å²) in [4.78, 5) is 28.1. The zero-order valence-corrected chi connectivity index (χ0v) is 15.5. The maximum Gasteiger partial charge on any atom is 0.335 e. The van der Waals surface area contributed by atoms with Crippen LogP contribution < -0.4 is 10.2 Å². The van der Waals surface area contributed by atoms with Gasteiger partial charge >= 0.3 is 5.97 Å². The van der Waals surface area contributed by atoms with Crippen LogP contribution in [0.3, 0.4) is 0 Å². The molecule has 0 unspecified atom stereocenters. The molecule has 2 saturated heterocycles. The molecular formula is C20H29N3O3. The van der Waals surface area contributed by atoms with E-state index >= 15 is 0 Å². The molecule has 2 aliphatic rings. The fraction of sp³-hybridized carbons (Fsp3) is 0.600. The van der Waals surface area contributed by atoms with Gasteiger partial charge in [-0.15, -0.1) is 0 Å². The predicted molar refractivity (Wildman–Crippen MR) is 103 cm³/mol. The number of benzene rings is 1. The molecule has 0 aliphatic carbocycles. The number of nitrogens with zero attached hydrogens (tertiary/aromatic N) is 2. The minimum absolute atomic E-state index is 0.0978. The van der Waals surface area contributed by atoms with E-state index in [9.17, 15) is 14.7 Å². The number of aromatic carboxylic acids is 1. The number of amides is 1. The van der Waals surface area contributed by atoms with Crippen molar-refractivity contribution in [3.63, 3.8) is 0 Å². The molecule has 0 spiro atoms. The van der Waals surface area contributed by atoms with Crippen LogP contribution in [-0.4, -0.2) is 54.6 Å². The minimum atomic E-state index is -0.978. The maximum atomic E-state index is 11.9. The molecule has 2 N–H and O–H groups in total. The Kier molecular flexibility index (Phi) is 6.14. The van der Waals surface area contributed by atoms with E-state index in [4.69, 9.17) is 0 Å². The summed E-state index contributed by atoms with van der Waals surface area (Å²) in [5, 5.41) is 12.2. The van der Waals surface area contributed by atoms with Crippen molar-refractivity contribution in [3.8, 4) is 0 Å². The van der Waals surface area contributed by atoms with E-state index in [1.165, 1.54) is 32.4 Å². The van der Waals surface area contributed by atoms with Crippen molar-refractivity contribution in [1.29, 1.82) is 0 Å². The smallest absolute Gasteiger partial charge is 0.335 e. The highest BCUT2D eigenvalue weighted by Crippen LogP contribution is 2.32. The molecule has 0 aromatic heterocycles. The Morgan fingerprint density at radius 1 is 1.19 bits per heavy atom. The number of anilines is 2. The number of carbonyl (C=O) groups excluding carboxylic acids is 1. The summed E-state index contributed by atoms with van der Waals surface area (Å²) < 4.78 is 0. The molecule has 142 valence electrons. The van der Waals surface area contributed by atoms with Gasteiger partial charge in [0.05, 0.1) is 16.9 Å². The van der Waals surface area contributed by atoms with Crippen LogP contribution in [0, 0.1) is 5.92 Å². The van der Waals surface area contributed by atoms with Gasteiger partial charge in [0, 0.05) is 26.1 Å². The van der Waals surface area contributed by atoms with Gasteiger partial charge in [-0.05, 0) is 62.9 Å². The first kappa shape index (κ1) is 18.7. The second-order valence-electron chi connectivity index (χ2n) is 7.40. The van der Waals surface area contributed by atoms with Crippen LogP contribution in [-0.2, 0) is 4.79 Å². The number of hydrogen-bond donors (Lipinski definition) is 2. The molecule has 1 aromatic rings. The Hall–Kier alpha value is -2.08. The van der Waals surface area contributed by atoms with Crippen LogP contribution in [0.5, 0.6) is 0 Å². The van der Waals surface area contributed by atoms with Gasteiger partial charge < -0.3 is 20.2 Å². The highest BCUT2D eigenvalue weighted by atomic mass is 16.4. The van der Waals surface area contributed by atoms with Crippen LogP contribution in [0.4, 0.5) is 11.4 Å². The fourth-order valence-electron chi connectivity index (χ4n) is 4.05. The molecule has 1 aromatic carbocycles. The van der Waals surface area contributed by atoms with Crippen LogP contribution in [0.25, 0.3) is 0 Å². The van der Waals surface area contributed by atoms with Crippen LogP contribution in [0.15, 0.2) is 18.2 Å². The van der Waals surface area contributed by atoms with Gasteiger partial charge in [-0.2, -0.15) is 0 Å². The molecular weight excluding hydrogens is 330 g/mol. The Balaban J connectivity index is 1.77. The third-order valence-corrected chi connectivity index (χ3v) is 5.41. The van der Waals surface area contributed by atoms with Crippen molar-refractivity contribution in [2.45, 2.75) is 39.0 Å². The Morgan fingerprint density at radius 2 is 1.96 bits per heavy atom. The molecule has 3 rings (SSSR count). The van der Waals surface area contributed by atoms with E-state index < -0.39 is 5.97 Å². The number of hydrogen-bond acceptors (Lipinski definition) is 4. The number of carbonyl (C=O) groups is 2. The van der Waals surface area contributed by atoms with Gasteiger partial charge in [-0.3, -0.25) is 4.79 Å². The van der Waals surface area contributed by atoms with Crippen molar-refractivity contribution >= 4 is 23.3 Å². The Morgan fingerprint density at radius 3 is 2.65 bits per heavy atom. The predicted octanol–water partition coefficient (Wildman–Crippen LogP) is 3.05. The largest absolute Gasteiger partial charge is 0.478 e. The number of carboxylic acids is 1. The number of piperidine rings is 1. The number of carboxylic acid groups (broad SMARTS) is 1. The van der Waals surface area contributed by atoms with Gasteiger partial charge in [-0.1, -0.05) is 6.92 Å². The molecule has 2 fully saturated rings. The molecule has 0 bridgehead atoms. The van der Waals surface area contributed by atoms with Crippen molar-refractivity contribution in [1.82, 2.24) is 4.90 Å². The topological polar surface area (TPSA) is 72.9 Å². The van der Waals surface area contributed by atoms with Gasteiger partial charge in [0.2, 0.25) is 5.91 Å². The van der Waals surface area contributed by atoms with Crippen molar-refractivity contribution < 1.29 is 14.7 Å². The standard InChI is InChI=1S/C20H29N3O3/c1-2-19(24)21-17-12-16(20(25)26)7-8-18(17)23-11-5-6-15(14-23)13-22-9-3-4-10-22/h7-8,12,15H,2-6,9-11,13-14H2,1H3,(H,21,24)(H,25,26)/t15-/m0/s1. The monoisotopic (exact) mass is 359 g/mol. The molecule has 2 heterocycles. The molecule has 2 aliphatic heterocycles. The third-order valence-electron chi connectivity index (χ3n) is 5.41. The van der Waals surface area contributed by atoms with Crippen LogP contribution >= 0.6 is 0 Å². The van der Waals surface area contributed by atoms with E-state index in [0.29, 0.717) is 18.0 Å². The number of nitrogens with one attached hydrogen (secondary N) is 1. The van der Waals surface area contributed by atoms with Gasteiger partial charge in [-0.25, -0.2) is 4.79 Å². The lowest BCUT2D eigenvalue weighted by Gasteiger charge is -2.37. The second-order valence-corrected chi connectivity index (χ2v) is 7.40.